The van der Waals surface area contributed by atoms with Crippen LogP contribution in [-0.2, 0) is 43.9 Å². The second-order valence-corrected chi connectivity index (χ2v) is 12.5. The molecule has 1 saturated heterocycles. The number of carbonyl (C=O) groups excluding carboxylic acids is 1. The molecule has 1 unspecified atom stereocenters. The lowest BCUT2D eigenvalue weighted by molar-refractivity contribution is -0.136. The molecule has 0 aliphatic carbocycles. The molecule has 0 N–H and O–H groups in total. The summed E-state index contributed by atoms with van der Waals surface area (Å²) in [4.78, 5) is 19.5. The summed E-state index contributed by atoms with van der Waals surface area (Å²) in [6.07, 6.45) is 3.85. The number of pyridine rings is 1. The van der Waals surface area contributed by atoms with Crippen molar-refractivity contribution in [1.82, 2.24) is 29.2 Å². The van der Waals surface area contributed by atoms with Crippen molar-refractivity contribution in [2.45, 2.75) is 45.9 Å². The fourth-order valence-electron chi connectivity index (χ4n) is 4.56. The summed E-state index contributed by atoms with van der Waals surface area (Å²) in [7, 11) is -2.16. The maximum Gasteiger partial charge on any atom is 0.241 e. The van der Waals surface area contributed by atoms with Gasteiger partial charge in [0.25, 0.3) is 0 Å². The Labute approximate surface area is 240 Å². The molecule has 3 aromatic rings. The van der Waals surface area contributed by atoms with Crippen molar-refractivity contribution in [1.29, 1.82) is 0 Å². The molecule has 2 aromatic heterocycles. The number of hydrogen-bond donors (Lipinski definition) is 0. The molecule has 3 heterocycles. The maximum absolute atomic E-state index is 13.8. The van der Waals surface area contributed by atoms with Gasteiger partial charge in [-0.1, -0.05) is 54.9 Å². The smallest absolute Gasteiger partial charge is 0.241 e. The highest BCUT2D eigenvalue weighted by molar-refractivity contribution is 7.89. The van der Waals surface area contributed by atoms with Crippen molar-refractivity contribution in [3.8, 4) is 11.1 Å². The monoisotopic (exact) mass is 590 g/mol. The van der Waals surface area contributed by atoms with Gasteiger partial charge in [0.1, 0.15) is 23.7 Å². The predicted octanol–water partition coefficient (Wildman–Crippen LogP) is 3.20. The zero-order chi connectivity index (χ0) is 28.7. The third kappa shape index (κ3) is 7.85. The SMILES string of the molecule is COCOCCn1cc(CN2CCS(=O)(=O)N(Cc3ccc(-c4ccc(Cl)nc4)cc3)C(CC(C)C)C2=O)nn1. The molecule has 0 radical (unpaired) electrons. The molecule has 1 amide bonds. The molecule has 4 rings (SSSR count). The number of methoxy groups -OCH3 is 1. The summed E-state index contributed by atoms with van der Waals surface area (Å²) in [5.74, 6) is -0.281. The number of aromatic nitrogens is 4. The van der Waals surface area contributed by atoms with E-state index >= 15 is 0 Å². The highest BCUT2D eigenvalue weighted by atomic mass is 35.5. The topological polar surface area (TPSA) is 120 Å². The van der Waals surface area contributed by atoms with Crippen molar-refractivity contribution < 1.29 is 22.7 Å². The van der Waals surface area contributed by atoms with Gasteiger partial charge in [-0.05, 0) is 35.6 Å². The summed E-state index contributed by atoms with van der Waals surface area (Å²) in [5.41, 5.74) is 3.22. The molecule has 40 heavy (non-hydrogen) atoms. The van der Waals surface area contributed by atoms with Crippen molar-refractivity contribution in [2.24, 2.45) is 5.92 Å². The molecule has 0 bridgehead atoms. The number of sulfonamides is 1. The van der Waals surface area contributed by atoms with Gasteiger partial charge in [0, 0.05) is 32.0 Å². The minimum atomic E-state index is -3.71. The van der Waals surface area contributed by atoms with Crippen LogP contribution in [0.2, 0.25) is 5.15 Å². The Balaban J connectivity index is 1.51. The van der Waals surface area contributed by atoms with E-state index in [-0.39, 0.29) is 44.0 Å². The van der Waals surface area contributed by atoms with Gasteiger partial charge < -0.3 is 14.4 Å². The third-order valence-corrected chi connectivity index (χ3v) is 8.59. The van der Waals surface area contributed by atoms with Crippen LogP contribution in [0.15, 0.2) is 48.8 Å². The van der Waals surface area contributed by atoms with Crippen LogP contribution < -0.4 is 0 Å². The van der Waals surface area contributed by atoms with Crippen LogP contribution >= 0.6 is 11.6 Å². The Morgan fingerprint density at radius 1 is 1.10 bits per heavy atom. The first-order valence-electron chi connectivity index (χ1n) is 13.1. The molecule has 1 aliphatic heterocycles. The maximum atomic E-state index is 13.8. The van der Waals surface area contributed by atoms with Gasteiger partial charge in [0.15, 0.2) is 0 Å². The lowest BCUT2D eigenvalue weighted by Gasteiger charge is -2.30. The molecule has 0 spiro atoms. The van der Waals surface area contributed by atoms with Crippen LogP contribution in [0.5, 0.6) is 0 Å². The molecule has 1 aromatic carbocycles. The average molecular weight is 591 g/mol. The first-order chi connectivity index (χ1) is 19.2. The Bertz CT molecular complexity index is 1360. The van der Waals surface area contributed by atoms with E-state index in [2.05, 4.69) is 15.3 Å². The van der Waals surface area contributed by atoms with Crippen molar-refractivity contribution >= 4 is 27.5 Å². The molecule has 13 heteroatoms. The van der Waals surface area contributed by atoms with Crippen LogP contribution in [-0.4, -0.2) is 82.4 Å². The van der Waals surface area contributed by atoms with Crippen molar-refractivity contribution in [3.63, 3.8) is 0 Å². The van der Waals surface area contributed by atoms with Crippen LogP contribution in [0, 0.1) is 5.92 Å². The molecular formula is C27H35ClN6O5S. The fourth-order valence-corrected chi connectivity index (χ4v) is 6.26. The number of benzene rings is 1. The predicted molar refractivity (Wildman–Crippen MR) is 151 cm³/mol. The number of ether oxygens (including phenoxy) is 2. The Morgan fingerprint density at radius 3 is 2.52 bits per heavy atom. The van der Waals surface area contributed by atoms with E-state index < -0.39 is 16.1 Å². The van der Waals surface area contributed by atoms with E-state index in [4.69, 9.17) is 21.1 Å². The standard InChI is InChI=1S/C27H35ClN6O5S/c1-20(2)14-25-27(35)32(17-24-18-33(31-30-24)10-12-39-19-38-3)11-13-40(36,37)34(25)16-21-4-6-22(7-5-21)23-8-9-26(28)29-15-23/h4-9,15,18,20,25H,10-14,16-17,19H2,1-3H3. The first-order valence-corrected chi connectivity index (χ1v) is 15.1. The van der Waals surface area contributed by atoms with Crippen molar-refractivity contribution in [2.75, 3.05) is 32.8 Å². The molecule has 11 nitrogen and oxygen atoms in total. The van der Waals surface area contributed by atoms with Gasteiger partial charge in [-0.25, -0.2) is 18.1 Å². The largest absolute Gasteiger partial charge is 0.359 e. The minimum Gasteiger partial charge on any atom is -0.359 e. The van der Waals surface area contributed by atoms with Gasteiger partial charge in [-0.3, -0.25) is 4.79 Å². The normalized spacial score (nSPS) is 17.9. The number of halogens is 1. The summed E-state index contributed by atoms with van der Waals surface area (Å²) >= 11 is 5.90. The molecule has 1 atom stereocenters. The van der Waals surface area contributed by atoms with E-state index in [1.54, 1.807) is 35.2 Å². The zero-order valence-corrected chi connectivity index (χ0v) is 24.5. The minimum absolute atomic E-state index is 0.0819. The van der Waals surface area contributed by atoms with E-state index in [9.17, 15) is 13.2 Å². The number of amides is 1. The Morgan fingerprint density at radius 2 is 1.85 bits per heavy atom. The molecule has 1 aliphatic rings. The number of rotatable bonds is 12. The van der Waals surface area contributed by atoms with E-state index in [0.717, 1.165) is 16.7 Å². The zero-order valence-electron chi connectivity index (χ0n) is 22.9. The van der Waals surface area contributed by atoms with Crippen LogP contribution in [0.25, 0.3) is 11.1 Å². The summed E-state index contributed by atoms with van der Waals surface area (Å²) in [6, 6.07) is 10.4. The quantitative estimate of drug-likeness (QED) is 0.179. The highest BCUT2D eigenvalue weighted by Crippen LogP contribution is 2.26. The number of hydrogen-bond acceptors (Lipinski definition) is 8. The highest BCUT2D eigenvalue weighted by Gasteiger charge is 2.41. The molecule has 1 fully saturated rings. The van der Waals surface area contributed by atoms with Crippen LogP contribution in [0.4, 0.5) is 0 Å². The Hall–Kier alpha value is -2.90. The summed E-state index contributed by atoms with van der Waals surface area (Å²) in [5, 5.41) is 8.69. The second kappa shape index (κ2) is 13.6. The summed E-state index contributed by atoms with van der Waals surface area (Å²) < 4.78 is 40.2. The molecule has 0 saturated carbocycles. The van der Waals surface area contributed by atoms with Gasteiger partial charge in [0.05, 0.1) is 31.6 Å². The third-order valence-electron chi connectivity index (χ3n) is 6.57. The molecule has 216 valence electrons. The number of carbonyl (C=O) groups is 1. The first kappa shape index (κ1) is 30.1. The van der Waals surface area contributed by atoms with E-state index in [0.29, 0.717) is 30.4 Å². The Kier molecular flexibility index (Phi) is 10.3. The summed E-state index contributed by atoms with van der Waals surface area (Å²) in [6.45, 7) is 5.42. The van der Waals surface area contributed by atoms with E-state index in [1.807, 2.05) is 44.2 Å². The lowest BCUT2D eigenvalue weighted by Crippen LogP contribution is -2.47. The number of nitrogens with zero attached hydrogens (tertiary/aromatic N) is 6. The average Bonchev–Trinajstić information content (AvgIpc) is 3.35. The molecular weight excluding hydrogens is 556 g/mol. The lowest BCUT2D eigenvalue weighted by atomic mass is 10.0. The van der Waals surface area contributed by atoms with E-state index in [1.165, 1.54) is 4.31 Å². The van der Waals surface area contributed by atoms with Crippen LogP contribution in [0.1, 0.15) is 31.5 Å². The fraction of sp³-hybridized carbons (Fsp3) is 0.481. The van der Waals surface area contributed by atoms with Crippen molar-refractivity contribution in [3.05, 3.63) is 65.2 Å². The second-order valence-electron chi connectivity index (χ2n) is 10.1. The van der Waals surface area contributed by atoms with Gasteiger partial charge in [-0.15, -0.1) is 5.10 Å². The van der Waals surface area contributed by atoms with Crippen LogP contribution in [0.3, 0.4) is 0 Å². The van der Waals surface area contributed by atoms with Gasteiger partial charge in [-0.2, -0.15) is 4.31 Å². The van der Waals surface area contributed by atoms with Gasteiger partial charge >= 0.3 is 0 Å². The van der Waals surface area contributed by atoms with Gasteiger partial charge in [0.2, 0.25) is 15.9 Å².